The molecule has 1 aliphatic rings. The van der Waals surface area contributed by atoms with Crippen LogP contribution in [0.25, 0.3) is 10.9 Å². The number of thiophene rings is 1. The summed E-state index contributed by atoms with van der Waals surface area (Å²) in [5.41, 5.74) is 1.86. The highest BCUT2D eigenvalue weighted by Gasteiger charge is 2.26. The number of benzene rings is 1. The number of aromatic nitrogens is 1. The van der Waals surface area contributed by atoms with E-state index in [9.17, 15) is 8.42 Å². The number of para-hydroxylation sites is 1. The summed E-state index contributed by atoms with van der Waals surface area (Å²) in [4.78, 5) is 2.37. The maximum atomic E-state index is 13.1. The van der Waals surface area contributed by atoms with Crippen molar-refractivity contribution in [3.63, 3.8) is 0 Å². The lowest BCUT2D eigenvalue weighted by Gasteiger charge is -2.18. The minimum atomic E-state index is -3.58. The van der Waals surface area contributed by atoms with Gasteiger partial charge in [-0.3, -0.25) is 0 Å². The molecule has 0 unspecified atom stereocenters. The lowest BCUT2D eigenvalue weighted by molar-refractivity contribution is 0.310. The van der Waals surface area contributed by atoms with Gasteiger partial charge in [0.25, 0.3) is 10.0 Å². The number of halogens is 1. The number of nitrogens with zero attached hydrogens (tertiary/aromatic N) is 2. The average molecular weight is 439 g/mol. The summed E-state index contributed by atoms with van der Waals surface area (Å²) in [6.07, 6.45) is 5.08. The van der Waals surface area contributed by atoms with Crippen LogP contribution >= 0.6 is 27.3 Å². The predicted molar refractivity (Wildman–Crippen MR) is 106 cm³/mol. The first-order chi connectivity index (χ1) is 12.0. The van der Waals surface area contributed by atoms with Gasteiger partial charge >= 0.3 is 0 Å². The van der Waals surface area contributed by atoms with Crippen molar-refractivity contribution in [3.05, 3.63) is 51.9 Å². The first kappa shape index (κ1) is 17.3. The van der Waals surface area contributed by atoms with Gasteiger partial charge in [-0.15, -0.1) is 11.3 Å². The molecule has 1 saturated heterocycles. The van der Waals surface area contributed by atoms with Gasteiger partial charge in [0.1, 0.15) is 4.21 Å². The summed E-state index contributed by atoms with van der Waals surface area (Å²) in [5.74, 6) is 0. The molecule has 0 radical (unpaired) electrons. The quantitative estimate of drug-likeness (QED) is 0.608. The van der Waals surface area contributed by atoms with Gasteiger partial charge in [0.2, 0.25) is 0 Å². The molecule has 1 atom stereocenters. The van der Waals surface area contributed by atoms with Crippen LogP contribution in [0, 0.1) is 0 Å². The van der Waals surface area contributed by atoms with Gasteiger partial charge in [-0.1, -0.05) is 18.2 Å². The highest BCUT2D eigenvalue weighted by Crippen LogP contribution is 2.32. The zero-order valence-corrected chi connectivity index (χ0v) is 17.1. The largest absolute Gasteiger partial charge is 0.303 e. The number of likely N-dealkylation sites (tertiary alicyclic amines) is 1. The van der Waals surface area contributed by atoms with Gasteiger partial charge in [-0.05, 0) is 72.5 Å². The first-order valence-electron chi connectivity index (χ1n) is 8.27. The Morgan fingerprint density at radius 2 is 2.04 bits per heavy atom. The molecule has 0 aliphatic carbocycles. The van der Waals surface area contributed by atoms with Gasteiger partial charge in [0, 0.05) is 17.6 Å². The van der Waals surface area contributed by atoms with Crippen LogP contribution in [0.5, 0.6) is 0 Å². The standard InChI is InChI=1S/C18H19BrN2O2S2/c1-20-10-4-5-14(20)11-13-12-21(16-7-3-2-6-15(13)16)25(22,23)18-9-8-17(19)24-18/h2-3,6-9,12,14H,4-5,10-11H2,1H3/t14-/m1/s1. The SMILES string of the molecule is CN1CCC[C@@H]1Cc1cn(S(=O)(=O)c2ccc(Br)s2)c2ccccc12. The van der Waals surface area contributed by atoms with E-state index in [1.807, 2.05) is 30.5 Å². The van der Waals surface area contributed by atoms with Gasteiger partial charge in [-0.25, -0.2) is 3.97 Å². The molecule has 4 nitrogen and oxygen atoms in total. The van der Waals surface area contributed by atoms with Crippen LogP contribution in [0.2, 0.25) is 0 Å². The molecular formula is C18H19BrN2O2S2. The van der Waals surface area contributed by atoms with Crippen molar-refractivity contribution in [2.45, 2.75) is 29.5 Å². The second-order valence-electron chi connectivity index (χ2n) is 6.51. The Morgan fingerprint density at radius 1 is 1.24 bits per heavy atom. The van der Waals surface area contributed by atoms with E-state index >= 15 is 0 Å². The normalized spacial score (nSPS) is 19.0. The molecule has 0 N–H and O–H groups in total. The molecule has 2 aromatic heterocycles. The average Bonchev–Trinajstić information content (AvgIpc) is 3.29. The monoisotopic (exact) mass is 438 g/mol. The first-order valence-corrected chi connectivity index (χ1v) is 11.3. The third kappa shape index (κ3) is 3.07. The highest BCUT2D eigenvalue weighted by molar-refractivity contribution is 9.11. The highest BCUT2D eigenvalue weighted by atomic mass is 79.9. The molecule has 3 heterocycles. The summed E-state index contributed by atoms with van der Waals surface area (Å²) in [6, 6.07) is 11.7. The topological polar surface area (TPSA) is 42.3 Å². The molecule has 1 aliphatic heterocycles. The minimum Gasteiger partial charge on any atom is -0.303 e. The second kappa shape index (κ2) is 6.54. The lowest BCUT2D eigenvalue weighted by Crippen LogP contribution is -2.26. The predicted octanol–water partition coefficient (Wildman–Crippen LogP) is 4.34. The van der Waals surface area contributed by atoms with E-state index < -0.39 is 10.0 Å². The molecule has 0 amide bonds. The van der Waals surface area contributed by atoms with Crippen LogP contribution in [0.3, 0.4) is 0 Å². The number of likely N-dealkylation sites (N-methyl/N-ethyl adjacent to an activating group) is 1. The van der Waals surface area contributed by atoms with Crippen molar-refractivity contribution in [2.75, 3.05) is 13.6 Å². The number of fused-ring (bicyclic) bond motifs is 1. The molecule has 132 valence electrons. The summed E-state index contributed by atoms with van der Waals surface area (Å²) in [6.45, 7) is 1.12. The molecule has 0 spiro atoms. The van der Waals surface area contributed by atoms with Crippen LogP contribution in [0.15, 0.2) is 50.6 Å². The zero-order chi connectivity index (χ0) is 17.6. The van der Waals surface area contributed by atoms with Gasteiger partial charge < -0.3 is 4.90 Å². The van der Waals surface area contributed by atoms with E-state index in [-0.39, 0.29) is 0 Å². The van der Waals surface area contributed by atoms with Gasteiger partial charge in [0.05, 0.1) is 9.30 Å². The van der Waals surface area contributed by atoms with Crippen molar-refractivity contribution in [1.82, 2.24) is 8.87 Å². The zero-order valence-electron chi connectivity index (χ0n) is 13.9. The van der Waals surface area contributed by atoms with Crippen molar-refractivity contribution < 1.29 is 8.42 Å². The van der Waals surface area contributed by atoms with E-state index in [1.165, 1.54) is 28.2 Å². The van der Waals surface area contributed by atoms with E-state index in [0.717, 1.165) is 33.2 Å². The summed E-state index contributed by atoms with van der Waals surface area (Å²) in [5, 5.41) is 1.03. The Labute approximate surface area is 160 Å². The number of hydrogen-bond acceptors (Lipinski definition) is 4. The van der Waals surface area contributed by atoms with E-state index in [2.05, 4.69) is 27.9 Å². The van der Waals surface area contributed by atoms with E-state index in [1.54, 1.807) is 12.1 Å². The van der Waals surface area contributed by atoms with Crippen LogP contribution in [-0.2, 0) is 16.4 Å². The molecule has 1 aromatic carbocycles. The molecular weight excluding hydrogens is 420 g/mol. The molecule has 25 heavy (non-hydrogen) atoms. The number of rotatable bonds is 4. The molecule has 7 heteroatoms. The Bertz CT molecular complexity index is 1020. The summed E-state index contributed by atoms with van der Waals surface area (Å²) >= 11 is 4.60. The van der Waals surface area contributed by atoms with Crippen molar-refractivity contribution in [1.29, 1.82) is 0 Å². The maximum Gasteiger partial charge on any atom is 0.277 e. The summed E-state index contributed by atoms with van der Waals surface area (Å²) in [7, 11) is -1.43. The number of hydrogen-bond donors (Lipinski definition) is 0. The Balaban J connectivity index is 1.82. The maximum absolute atomic E-state index is 13.1. The summed E-state index contributed by atoms with van der Waals surface area (Å²) < 4.78 is 28.9. The third-order valence-electron chi connectivity index (χ3n) is 4.95. The minimum absolute atomic E-state index is 0.352. The molecule has 0 bridgehead atoms. The van der Waals surface area contributed by atoms with Gasteiger partial charge in [0.15, 0.2) is 0 Å². The van der Waals surface area contributed by atoms with Crippen LogP contribution in [0.4, 0.5) is 0 Å². The third-order valence-corrected chi connectivity index (χ3v) is 8.71. The molecule has 0 saturated carbocycles. The Morgan fingerprint density at radius 3 is 2.72 bits per heavy atom. The van der Waals surface area contributed by atoms with E-state index in [0.29, 0.717) is 10.3 Å². The van der Waals surface area contributed by atoms with Crippen molar-refractivity contribution >= 4 is 48.2 Å². The van der Waals surface area contributed by atoms with Crippen molar-refractivity contribution in [3.8, 4) is 0 Å². The Kier molecular flexibility index (Phi) is 4.52. The second-order valence-corrected chi connectivity index (χ2v) is 11.0. The fourth-order valence-electron chi connectivity index (χ4n) is 3.60. The molecule has 4 rings (SSSR count). The molecule has 1 fully saturated rings. The smallest absolute Gasteiger partial charge is 0.277 e. The fourth-order valence-corrected chi connectivity index (χ4v) is 7.09. The van der Waals surface area contributed by atoms with Crippen LogP contribution < -0.4 is 0 Å². The van der Waals surface area contributed by atoms with Gasteiger partial charge in [-0.2, -0.15) is 8.42 Å². The van der Waals surface area contributed by atoms with Crippen molar-refractivity contribution in [2.24, 2.45) is 0 Å². The fraction of sp³-hybridized carbons (Fsp3) is 0.333. The van der Waals surface area contributed by atoms with E-state index in [4.69, 9.17) is 0 Å². The Hall–Kier alpha value is -1.15. The van der Waals surface area contributed by atoms with Crippen LogP contribution in [-0.4, -0.2) is 36.9 Å². The lowest BCUT2D eigenvalue weighted by atomic mass is 10.0. The van der Waals surface area contributed by atoms with Crippen LogP contribution in [0.1, 0.15) is 18.4 Å². The molecule has 3 aromatic rings.